The molecule has 150 valence electrons. The average molecular weight is 397 g/mol. The topological polar surface area (TPSA) is 97.0 Å². The van der Waals surface area contributed by atoms with Gasteiger partial charge in [0.15, 0.2) is 11.5 Å². The van der Waals surface area contributed by atoms with Crippen LogP contribution in [0.2, 0.25) is 0 Å². The van der Waals surface area contributed by atoms with Gasteiger partial charge in [-0.1, -0.05) is 13.8 Å². The molecule has 3 rings (SSSR count). The molecule has 2 aliphatic heterocycles. The van der Waals surface area contributed by atoms with Crippen molar-refractivity contribution < 1.29 is 22.7 Å². The Hall–Kier alpha value is -1.84. The number of nitrogens with one attached hydrogen (secondary N) is 2. The van der Waals surface area contributed by atoms with Crippen molar-refractivity contribution in [1.82, 2.24) is 14.9 Å². The summed E-state index contributed by atoms with van der Waals surface area (Å²) in [5.41, 5.74) is 0.185. The standard InChI is InChI=1S/C18H27N3O5S/c1-3-20-27(23,24)14-10-15(17-16(11-14)25-8-9-26-17)18(22)19-12-13-6-5-7-21(13)4-2/h10-11,13,20H,3-9,12H2,1-2H3,(H,19,22). The molecule has 2 N–H and O–H groups in total. The van der Waals surface area contributed by atoms with E-state index in [0.29, 0.717) is 31.5 Å². The lowest BCUT2D eigenvalue weighted by Gasteiger charge is -2.24. The van der Waals surface area contributed by atoms with E-state index in [2.05, 4.69) is 21.9 Å². The quantitative estimate of drug-likeness (QED) is 0.712. The van der Waals surface area contributed by atoms with E-state index >= 15 is 0 Å². The fourth-order valence-corrected chi connectivity index (χ4v) is 4.66. The summed E-state index contributed by atoms with van der Waals surface area (Å²) in [7, 11) is -3.72. The molecule has 1 aromatic rings. The second kappa shape index (κ2) is 8.45. The van der Waals surface area contributed by atoms with Gasteiger partial charge in [-0.15, -0.1) is 0 Å². The van der Waals surface area contributed by atoms with Crippen LogP contribution in [0.1, 0.15) is 37.0 Å². The summed E-state index contributed by atoms with van der Waals surface area (Å²) in [5.74, 6) is 0.225. The summed E-state index contributed by atoms with van der Waals surface area (Å²) in [6.07, 6.45) is 2.16. The van der Waals surface area contributed by atoms with Crippen molar-refractivity contribution in [1.29, 1.82) is 0 Å². The van der Waals surface area contributed by atoms with Crippen LogP contribution >= 0.6 is 0 Å². The molecule has 9 heteroatoms. The Labute approximate surface area is 160 Å². The van der Waals surface area contributed by atoms with Crippen LogP contribution in [0.4, 0.5) is 0 Å². The largest absolute Gasteiger partial charge is 0.486 e. The summed E-state index contributed by atoms with van der Waals surface area (Å²) in [6, 6.07) is 3.06. The fraction of sp³-hybridized carbons (Fsp3) is 0.611. The van der Waals surface area contributed by atoms with E-state index < -0.39 is 10.0 Å². The lowest BCUT2D eigenvalue weighted by Crippen LogP contribution is -2.40. The first kappa shape index (κ1) is 19.9. The van der Waals surface area contributed by atoms with E-state index in [0.717, 1.165) is 25.9 Å². The number of benzene rings is 1. The van der Waals surface area contributed by atoms with E-state index in [1.165, 1.54) is 12.1 Å². The number of fused-ring (bicyclic) bond motifs is 1. The number of ether oxygens (including phenoxy) is 2. The van der Waals surface area contributed by atoms with Crippen LogP contribution < -0.4 is 19.5 Å². The van der Waals surface area contributed by atoms with Gasteiger partial charge in [0.2, 0.25) is 10.0 Å². The maximum Gasteiger partial charge on any atom is 0.255 e. The molecule has 0 bridgehead atoms. The van der Waals surface area contributed by atoms with E-state index in [9.17, 15) is 13.2 Å². The molecular formula is C18H27N3O5S. The second-order valence-electron chi connectivity index (χ2n) is 6.63. The van der Waals surface area contributed by atoms with Crippen LogP contribution in [0.25, 0.3) is 0 Å². The molecule has 1 atom stereocenters. The lowest BCUT2D eigenvalue weighted by atomic mass is 10.1. The maximum absolute atomic E-state index is 12.8. The van der Waals surface area contributed by atoms with Crippen LogP contribution in [-0.4, -0.2) is 64.7 Å². The van der Waals surface area contributed by atoms with E-state index in [1.54, 1.807) is 6.92 Å². The first-order valence-corrected chi connectivity index (χ1v) is 10.9. The van der Waals surface area contributed by atoms with Crippen LogP contribution in [0, 0.1) is 0 Å². The summed E-state index contributed by atoms with van der Waals surface area (Å²) < 4.78 is 38.4. The Morgan fingerprint density at radius 2 is 2.04 bits per heavy atom. The zero-order valence-electron chi connectivity index (χ0n) is 15.8. The number of hydrogen-bond donors (Lipinski definition) is 2. The third-order valence-corrected chi connectivity index (χ3v) is 6.43. The van der Waals surface area contributed by atoms with Crippen molar-refractivity contribution >= 4 is 15.9 Å². The number of amides is 1. The molecule has 2 aliphatic rings. The molecule has 27 heavy (non-hydrogen) atoms. The molecule has 0 radical (unpaired) electrons. The Morgan fingerprint density at radius 1 is 1.26 bits per heavy atom. The van der Waals surface area contributed by atoms with Crippen LogP contribution in [-0.2, 0) is 10.0 Å². The minimum atomic E-state index is -3.72. The van der Waals surface area contributed by atoms with Crippen molar-refractivity contribution in [3.05, 3.63) is 17.7 Å². The molecule has 0 saturated carbocycles. The third kappa shape index (κ3) is 4.36. The summed E-state index contributed by atoms with van der Waals surface area (Å²) in [6.45, 7) is 7.20. The van der Waals surface area contributed by atoms with E-state index in [-0.39, 0.29) is 28.7 Å². The summed E-state index contributed by atoms with van der Waals surface area (Å²) in [5, 5.41) is 2.93. The first-order valence-electron chi connectivity index (χ1n) is 9.41. The van der Waals surface area contributed by atoms with E-state index in [4.69, 9.17) is 9.47 Å². The van der Waals surface area contributed by atoms with Crippen molar-refractivity contribution in [2.75, 3.05) is 39.4 Å². The predicted molar refractivity (Wildman–Crippen MR) is 101 cm³/mol. The molecular weight excluding hydrogens is 370 g/mol. The lowest BCUT2D eigenvalue weighted by molar-refractivity contribution is 0.0930. The molecule has 0 spiro atoms. The van der Waals surface area contributed by atoms with Gasteiger partial charge in [0.05, 0.1) is 10.5 Å². The molecule has 1 amide bonds. The van der Waals surface area contributed by atoms with Gasteiger partial charge < -0.3 is 14.8 Å². The van der Waals surface area contributed by atoms with Crippen molar-refractivity contribution in [2.45, 2.75) is 37.6 Å². The van der Waals surface area contributed by atoms with Gasteiger partial charge in [0.25, 0.3) is 5.91 Å². The first-order chi connectivity index (χ1) is 13.0. The number of likely N-dealkylation sites (tertiary alicyclic amines) is 1. The minimum Gasteiger partial charge on any atom is -0.486 e. The number of rotatable bonds is 7. The monoisotopic (exact) mass is 397 g/mol. The van der Waals surface area contributed by atoms with Crippen molar-refractivity contribution in [3.8, 4) is 11.5 Å². The molecule has 1 unspecified atom stereocenters. The molecule has 0 aromatic heterocycles. The van der Waals surface area contributed by atoms with Crippen LogP contribution in [0.3, 0.4) is 0 Å². The molecule has 2 heterocycles. The van der Waals surface area contributed by atoms with Gasteiger partial charge in [0, 0.05) is 25.2 Å². The van der Waals surface area contributed by atoms with Gasteiger partial charge in [-0.2, -0.15) is 0 Å². The zero-order chi connectivity index (χ0) is 19.4. The molecule has 1 saturated heterocycles. The number of carbonyl (C=O) groups is 1. The van der Waals surface area contributed by atoms with Gasteiger partial charge in [-0.25, -0.2) is 13.1 Å². The van der Waals surface area contributed by atoms with Crippen LogP contribution in [0.15, 0.2) is 17.0 Å². The van der Waals surface area contributed by atoms with Gasteiger partial charge in [0.1, 0.15) is 13.2 Å². The zero-order valence-corrected chi connectivity index (χ0v) is 16.6. The summed E-state index contributed by atoms with van der Waals surface area (Å²) >= 11 is 0. The predicted octanol–water partition coefficient (Wildman–Crippen LogP) is 0.970. The fourth-order valence-electron chi connectivity index (χ4n) is 3.57. The Kier molecular flexibility index (Phi) is 6.23. The molecule has 1 aromatic carbocycles. The Morgan fingerprint density at radius 3 is 2.78 bits per heavy atom. The molecule has 8 nitrogen and oxygen atoms in total. The highest BCUT2D eigenvalue weighted by molar-refractivity contribution is 7.89. The van der Waals surface area contributed by atoms with Crippen molar-refractivity contribution in [2.24, 2.45) is 0 Å². The number of sulfonamides is 1. The normalized spacial score (nSPS) is 19.9. The van der Waals surface area contributed by atoms with Gasteiger partial charge in [-0.3, -0.25) is 9.69 Å². The SMILES string of the molecule is CCNS(=O)(=O)c1cc2c(c(C(=O)NCC3CCCN3CC)c1)OCCO2. The van der Waals surface area contributed by atoms with Crippen molar-refractivity contribution in [3.63, 3.8) is 0 Å². The highest BCUT2D eigenvalue weighted by Gasteiger charge is 2.28. The summed E-state index contributed by atoms with van der Waals surface area (Å²) in [4.78, 5) is 15.2. The number of hydrogen-bond acceptors (Lipinski definition) is 6. The maximum atomic E-state index is 12.8. The number of nitrogens with zero attached hydrogens (tertiary/aromatic N) is 1. The highest BCUT2D eigenvalue weighted by atomic mass is 32.2. The average Bonchev–Trinajstić information content (AvgIpc) is 3.12. The number of likely N-dealkylation sites (N-methyl/N-ethyl adjacent to an activating group) is 1. The Balaban J connectivity index is 1.85. The molecule has 0 aliphatic carbocycles. The van der Waals surface area contributed by atoms with Gasteiger partial charge in [-0.05, 0) is 32.0 Å². The molecule has 1 fully saturated rings. The third-order valence-electron chi connectivity index (χ3n) is 4.91. The van der Waals surface area contributed by atoms with Gasteiger partial charge >= 0.3 is 0 Å². The highest BCUT2D eigenvalue weighted by Crippen LogP contribution is 2.36. The number of carbonyl (C=O) groups excluding carboxylic acids is 1. The van der Waals surface area contributed by atoms with Crippen LogP contribution in [0.5, 0.6) is 11.5 Å². The smallest absolute Gasteiger partial charge is 0.255 e. The Bertz CT molecular complexity index is 796. The minimum absolute atomic E-state index is 0.00481. The van der Waals surface area contributed by atoms with E-state index in [1.807, 2.05) is 0 Å². The second-order valence-corrected chi connectivity index (χ2v) is 8.40.